The second-order valence-electron chi connectivity index (χ2n) is 7.24. The summed E-state index contributed by atoms with van der Waals surface area (Å²) in [5.74, 6) is -0.910. The van der Waals surface area contributed by atoms with Gasteiger partial charge in [0.15, 0.2) is 0 Å². The van der Waals surface area contributed by atoms with E-state index in [-0.39, 0.29) is 33.1 Å². The molecule has 3 aromatic carbocycles. The lowest BCUT2D eigenvalue weighted by molar-refractivity contribution is 0.0944. The van der Waals surface area contributed by atoms with E-state index in [1.807, 2.05) is 13.8 Å². The maximum Gasteiger partial charge on any atom is 0.261 e. The Morgan fingerprint density at radius 2 is 1.50 bits per heavy atom. The van der Waals surface area contributed by atoms with E-state index in [4.69, 9.17) is 11.6 Å². The molecule has 0 unspecified atom stereocenters. The summed E-state index contributed by atoms with van der Waals surface area (Å²) in [6, 6.07) is 18.6. The van der Waals surface area contributed by atoms with Gasteiger partial charge in [-0.2, -0.15) is 0 Å². The fourth-order valence-electron chi connectivity index (χ4n) is 2.90. The van der Waals surface area contributed by atoms with Crippen LogP contribution in [0.4, 0.5) is 11.4 Å². The third-order valence-corrected chi connectivity index (χ3v) is 6.08. The van der Waals surface area contributed by atoms with Crippen LogP contribution < -0.4 is 15.4 Å². The highest BCUT2D eigenvalue weighted by Crippen LogP contribution is 2.25. The second-order valence-corrected chi connectivity index (χ2v) is 9.33. The molecule has 0 radical (unpaired) electrons. The van der Waals surface area contributed by atoms with Crippen LogP contribution in [-0.4, -0.2) is 26.3 Å². The Balaban J connectivity index is 1.85. The van der Waals surface area contributed by atoms with Gasteiger partial charge in [-0.3, -0.25) is 14.3 Å². The van der Waals surface area contributed by atoms with Gasteiger partial charge in [-0.15, -0.1) is 0 Å². The van der Waals surface area contributed by atoms with E-state index >= 15 is 0 Å². The molecule has 0 atom stereocenters. The molecule has 32 heavy (non-hydrogen) atoms. The van der Waals surface area contributed by atoms with E-state index in [2.05, 4.69) is 15.4 Å². The Kier molecular flexibility index (Phi) is 7.17. The van der Waals surface area contributed by atoms with Crippen LogP contribution in [0.2, 0.25) is 5.02 Å². The van der Waals surface area contributed by atoms with Gasteiger partial charge in [0.25, 0.3) is 21.8 Å². The molecule has 3 aromatic rings. The topological polar surface area (TPSA) is 104 Å². The van der Waals surface area contributed by atoms with Gasteiger partial charge in [0, 0.05) is 11.7 Å². The number of nitrogens with one attached hydrogen (secondary N) is 3. The first-order chi connectivity index (χ1) is 15.2. The summed E-state index contributed by atoms with van der Waals surface area (Å²) < 4.78 is 27.6. The van der Waals surface area contributed by atoms with Crippen LogP contribution in [0, 0.1) is 0 Å². The zero-order valence-electron chi connectivity index (χ0n) is 17.4. The van der Waals surface area contributed by atoms with E-state index in [0.29, 0.717) is 11.3 Å². The van der Waals surface area contributed by atoms with Crippen molar-refractivity contribution in [3.63, 3.8) is 0 Å². The molecule has 3 N–H and O–H groups in total. The van der Waals surface area contributed by atoms with Crippen LogP contribution in [0.3, 0.4) is 0 Å². The van der Waals surface area contributed by atoms with Gasteiger partial charge in [-0.05, 0) is 56.3 Å². The molecule has 0 fully saturated rings. The average molecular weight is 472 g/mol. The molecular weight excluding hydrogens is 450 g/mol. The Morgan fingerprint density at radius 1 is 0.844 bits per heavy atom. The van der Waals surface area contributed by atoms with Crippen molar-refractivity contribution in [2.75, 3.05) is 10.0 Å². The molecule has 0 bridgehead atoms. The van der Waals surface area contributed by atoms with Crippen molar-refractivity contribution >= 4 is 44.8 Å². The third-order valence-electron chi connectivity index (χ3n) is 4.36. The molecule has 3 rings (SSSR count). The fourth-order valence-corrected chi connectivity index (χ4v) is 4.17. The van der Waals surface area contributed by atoms with Gasteiger partial charge in [-0.25, -0.2) is 8.42 Å². The van der Waals surface area contributed by atoms with Crippen molar-refractivity contribution in [1.82, 2.24) is 5.32 Å². The monoisotopic (exact) mass is 471 g/mol. The number of rotatable bonds is 7. The zero-order valence-corrected chi connectivity index (χ0v) is 19.0. The van der Waals surface area contributed by atoms with E-state index in [0.717, 1.165) is 0 Å². The third kappa shape index (κ3) is 5.66. The van der Waals surface area contributed by atoms with Gasteiger partial charge in [-0.1, -0.05) is 41.9 Å². The second kappa shape index (κ2) is 9.84. The summed E-state index contributed by atoms with van der Waals surface area (Å²) in [6.45, 7) is 3.67. The van der Waals surface area contributed by atoms with Gasteiger partial charge in [0.05, 0.1) is 26.7 Å². The summed E-state index contributed by atoms with van der Waals surface area (Å²) in [4.78, 5) is 25.4. The van der Waals surface area contributed by atoms with Crippen molar-refractivity contribution in [3.05, 3.63) is 88.9 Å². The minimum atomic E-state index is -3.83. The van der Waals surface area contributed by atoms with Crippen molar-refractivity contribution in [2.24, 2.45) is 0 Å². The maximum absolute atomic E-state index is 12.9. The largest absolute Gasteiger partial charge is 0.350 e. The summed E-state index contributed by atoms with van der Waals surface area (Å²) >= 11 is 6.20. The Bertz CT molecular complexity index is 1250. The molecule has 2 amide bonds. The zero-order chi connectivity index (χ0) is 23.3. The van der Waals surface area contributed by atoms with E-state index in [1.54, 1.807) is 42.5 Å². The molecule has 0 aliphatic carbocycles. The molecule has 0 heterocycles. The minimum Gasteiger partial charge on any atom is -0.350 e. The maximum atomic E-state index is 12.9. The van der Waals surface area contributed by atoms with Crippen LogP contribution in [0.25, 0.3) is 0 Å². The molecule has 0 aromatic heterocycles. The number of hydrogen-bond donors (Lipinski definition) is 3. The van der Waals surface area contributed by atoms with Gasteiger partial charge < -0.3 is 10.6 Å². The first-order valence-electron chi connectivity index (χ1n) is 9.76. The highest BCUT2D eigenvalue weighted by atomic mass is 35.5. The molecule has 0 saturated carbocycles. The summed E-state index contributed by atoms with van der Waals surface area (Å²) in [6.07, 6.45) is 0. The summed E-state index contributed by atoms with van der Waals surface area (Å²) in [5.41, 5.74) is 0.835. The number of anilines is 2. The molecule has 0 saturated heterocycles. The quantitative estimate of drug-likeness (QED) is 0.470. The first kappa shape index (κ1) is 23.3. The van der Waals surface area contributed by atoms with Crippen LogP contribution in [0.15, 0.2) is 77.7 Å². The van der Waals surface area contributed by atoms with Crippen molar-refractivity contribution in [1.29, 1.82) is 0 Å². The lowest BCUT2D eigenvalue weighted by Gasteiger charge is -2.14. The predicted molar refractivity (Wildman–Crippen MR) is 126 cm³/mol. The van der Waals surface area contributed by atoms with Gasteiger partial charge >= 0.3 is 0 Å². The molecular formula is C23H22ClN3O4S. The van der Waals surface area contributed by atoms with Crippen molar-refractivity contribution in [2.45, 2.75) is 24.8 Å². The van der Waals surface area contributed by atoms with Crippen LogP contribution in [0.1, 0.15) is 34.6 Å². The molecule has 7 nitrogen and oxygen atoms in total. The summed E-state index contributed by atoms with van der Waals surface area (Å²) in [7, 11) is -3.83. The van der Waals surface area contributed by atoms with E-state index in [9.17, 15) is 18.0 Å². The molecule has 0 aliphatic heterocycles. The first-order valence-corrected chi connectivity index (χ1v) is 11.6. The van der Waals surface area contributed by atoms with Gasteiger partial charge in [0.2, 0.25) is 0 Å². The number of carbonyl (C=O) groups excluding carboxylic acids is 2. The highest BCUT2D eigenvalue weighted by Gasteiger charge is 2.19. The molecule has 0 aliphatic rings. The number of halogens is 1. The number of hydrogen-bond acceptors (Lipinski definition) is 4. The van der Waals surface area contributed by atoms with Crippen LogP contribution in [-0.2, 0) is 10.0 Å². The number of benzene rings is 3. The number of carbonyl (C=O) groups is 2. The van der Waals surface area contributed by atoms with Crippen LogP contribution >= 0.6 is 11.6 Å². The highest BCUT2D eigenvalue weighted by molar-refractivity contribution is 7.92. The normalized spacial score (nSPS) is 11.1. The molecule has 0 spiro atoms. The lowest BCUT2D eigenvalue weighted by Crippen LogP contribution is -2.31. The Morgan fingerprint density at radius 3 is 2.19 bits per heavy atom. The van der Waals surface area contributed by atoms with Crippen molar-refractivity contribution < 1.29 is 18.0 Å². The SMILES string of the molecule is CC(C)NC(=O)c1ccccc1NC(=O)c1cc(NS(=O)(=O)c2ccccc2)ccc1Cl. The lowest BCUT2D eigenvalue weighted by atomic mass is 10.1. The van der Waals surface area contributed by atoms with Crippen molar-refractivity contribution in [3.8, 4) is 0 Å². The van der Waals surface area contributed by atoms with Gasteiger partial charge in [0.1, 0.15) is 0 Å². The van der Waals surface area contributed by atoms with E-state index in [1.165, 1.54) is 30.3 Å². The fraction of sp³-hybridized carbons (Fsp3) is 0.130. The minimum absolute atomic E-state index is 0.0546. The number of sulfonamides is 1. The summed E-state index contributed by atoms with van der Waals surface area (Å²) in [5, 5.41) is 5.60. The number of para-hydroxylation sites is 1. The average Bonchev–Trinajstić information content (AvgIpc) is 2.75. The van der Waals surface area contributed by atoms with E-state index < -0.39 is 15.9 Å². The smallest absolute Gasteiger partial charge is 0.261 e. The standard InChI is InChI=1S/C23H22ClN3O4S/c1-15(2)25-22(28)18-10-6-7-11-21(18)26-23(29)19-14-16(12-13-20(19)24)27-32(30,31)17-8-4-3-5-9-17/h3-15,27H,1-2H3,(H,25,28)(H,26,29). The Labute approximate surface area is 191 Å². The molecule has 166 valence electrons. The molecule has 9 heteroatoms. The number of amides is 2. The van der Waals surface area contributed by atoms with Crippen LogP contribution in [0.5, 0.6) is 0 Å². The Hall–Kier alpha value is -3.36. The predicted octanol–water partition coefficient (Wildman–Crippen LogP) is 4.53.